The van der Waals surface area contributed by atoms with Crippen molar-refractivity contribution >= 4 is 27.1 Å². The van der Waals surface area contributed by atoms with E-state index in [1.54, 1.807) is 31.2 Å². The fourth-order valence-electron chi connectivity index (χ4n) is 2.00. The maximum Gasteiger partial charge on any atom is 0.221 e. The summed E-state index contributed by atoms with van der Waals surface area (Å²) in [6.07, 6.45) is -0.141. The highest BCUT2D eigenvalue weighted by Crippen LogP contribution is 2.24. The predicted octanol–water partition coefficient (Wildman–Crippen LogP) is 1.94. The van der Waals surface area contributed by atoms with Crippen LogP contribution in [-0.4, -0.2) is 31.7 Å². The molecule has 7 heteroatoms. The zero-order valence-electron chi connectivity index (χ0n) is 12.7. The van der Waals surface area contributed by atoms with Crippen LogP contribution in [0.1, 0.15) is 18.2 Å². The minimum absolute atomic E-state index is 0.0394. The molecule has 1 aromatic heterocycles. The van der Waals surface area contributed by atoms with Crippen LogP contribution in [0.3, 0.4) is 0 Å². The van der Waals surface area contributed by atoms with E-state index in [4.69, 9.17) is 0 Å². The first kappa shape index (κ1) is 17.7. The first-order valence-electron chi connectivity index (χ1n) is 7.12. The lowest BCUT2D eigenvalue weighted by Crippen LogP contribution is -2.38. The van der Waals surface area contributed by atoms with E-state index >= 15 is 0 Å². The van der Waals surface area contributed by atoms with Crippen molar-refractivity contribution in [2.75, 3.05) is 12.3 Å². The maximum atomic E-state index is 12.1. The third-order valence-corrected chi connectivity index (χ3v) is 6.24. The van der Waals surface area contributed by atoms with E-state index < -0.39 is 21.3 Å². The topological polar surface area (TPSA) is 83.5 Å². The Bertz CT molecular complexity index is 738. The van der Waals surface area contributed by atoms with Gasteiger partial charge >= 0.3 is 0 Å². The summed E-state index contributed by atoms with van der Waals surface area (Å²) in [4.78, 5) is 12.8. The van der Waals surface area contributed by atoms with Gasteiger partial charge in [-0.25, -0.2) is 8.42 Å². The molecule has 23 heavy (non-hydrogen) atoms. The van der Waals surface area contributed by atoms with Crippen LogP contribution < -0.4 is 5.32 Å². The first-order chi connectivity index (χ1) is 10.8. The largest absolute Gasteiger partial charge is 0.383 e. The van der Waals surface area contributed by atoms with E-state index in [9.17, 15) is 18.3 Å². The molecule has 124 valence electrons. The highest BCUT2D eigenvalue weighted by atomic mass is 32.2. The molecular formula is C16H19NO4S2. The van der Waals surface area contributed by atoms with Crippen LogP contribution >= 0.6 is 11.3 Å². The highest BCUT2D eigenvalue weighted by molar-refractivity contribution is 7.91. The summed E-state index contributed by atoms with van der Waals surface area (Å²) in [5, 5.41) is 14.7. The number of hydrogen-bond acceptors (Lipinski definition) is 5. The summed E-state index contributed by atoms with van der Waals surface area (Å²) in [7, 11) is -3.47. The monoisotopic (exact) mass is 353 g/mol. The quantitative estimate of drug-likeness (QED) is 0.797. The number of benzene rings is 1. The molecule has 0 bridgehead atoms. The van der Waals surface area contributed by atoms with E-state index in [0.29, 0.717) is 0 Å². The van der Waals surface area contributed by atoms with Crippen LogP contribution in [0.4, 0.5) is 0 Å². The molecular weight excluding hydrogens is 334 g/mol. The van der Waals surface area contributed by atoms with Gasteiger partial charge in [0.15, 0.2) is 9.84 Å². The van der Waals surface area contributed by atoms with Crippen LogP contribution in [0.15, 0.2) is 52.7 Å². The summed E-state index contributed by atoms with van der Waals surface area (Å²) < 4.78 is 24.2. The molecule has 2 aromatic rings. The number of sulfone groups is 1. The number of carbonyl (C=O) groups excluding carboxylic acids is 1. The normalized spacial score (nSPS) is 14.2. The molecule has 0 radical (unpaired) electrons. The molecule has 1 atom stereocenters. The molecule has 5 nitrogen and oxygen atoms in total. The molecule has 0 saturated carbocycles. The van der Waals surface area contributed by atoms with Crippen LogP contribution in [0.25, 0.3) is 0 Å². The van der Waals surface area contributed by atoms with Gasteiger partial charge < -0.3 is 10.4 Å². The highest BCUT2D eigenvalue weighted by Gasteiger charge is 2.25. The Morgan fingerprint density at radius 1 is 1.22 bits per heavy atom. The number of thiophene rings is 1. The lowest BCUT2D eigenvalue weighted by atomic mass is 10.1. The number of amides is 1. The maximum absolute atomic E-state index is 12.1. The summed E-state index contributed by atoms with van der Waals surface area (Å²) in [6, 6.07) is 11.7. The van der Waals surface area contributed by atoms with Gasteiger partial charge in [0.2, 0.25) is 5.91 Å². The molecule has 0 aliphatic heterocycles. The number of rotatable bonds is 7. The Morgan fingerprint density at radius 3 is 2.52 bits per heavy atom. The van der Waals surface area contributed by atoms with Crippen LogP contribution in [0.2, 0.25) is 0 Å². The molecule has 0 spiro atoms. The van der Waals surface area contributed by atoms with Crippen molar-refractivity contribution in [1.29, 1.82) is 0 Å². The third-order valence-electron chi connectivity index (χ3n) is 3.38. The van der Waals surface area contributed by atoms with E-state index in [1.165, 1.54) is 23.5 Å². The summed E-state index contributed by atoms with van der Waals surface area (Å²) in [6.45, 7) is 1.65. The van der Waals surface area contributed by atoms with Gasteiger partial charge in [0.1, 0.15) is 5.60 Å². The molecule has 1 heterocycles. The molecule has 0 fully saturated rings. The second kappa shape index (κ2) is 7.25. The van der Waals surface area contributed by atoms with Crippen molar-refractivity contribution in [1.82, 2.24) is 5.32 Å². The molecule has 0 unspecified atom stereocenters. The third kappa shape index (κ3) is 4.89. The van der Waals surface area contributed by atoms with E-state index in [1.807, 2.05) is 11.4 Å². The Morgan fingerprint density at radius 2 is 1.91 bits per heavy atom. The lowest BCUT2D eigenvalue weighted by molar-refractivity contribution is -0.121. The zero-order chi connectivity index (χ0) is 16.9. The van der Waals surface area contributed by atoms with E-state index in [0.717, 1.165) is 4.88 Å². The molecule has 0 aliphatic carbocycles. The SMILES string of the molecule is C[C@](O)(CNC(=O)CCS(=O)(=O)c1ccccc1)c1cccs1. The van der Waals surface area contributed by atoms with E-state index in [-0.39, 0.29) is 23.6 Å². The fraction of sp³-hybridized carbons (Fsp3) is 0.312. The second-order valence-electron chi connectivity index (χ2n) is 5.41. The first-order valence-corrected chi connectivity index (χ1v) is 9.65. The Kier molecular flexibility index (Phi) is 5.56. The van der Waals surface area contributed by atoms with Gasteiger partial charge in [-0.3, -0.25) is 4.79 Å². The fourth-order valence-corrected chi connectivity index (χ4v) is 4.05. The Labute approximate surface area is 139 Å². The molecule has 1 aromatic carbocycles. The van der Waals surface area contributed by atoms with Crippen molar-refractivity contribution in [3.05, 3.63) is 52.7 Å². The van der Waals surface area contributed by atoms with Gasteiger partial charge in [-0.1, -0.05) is 24.3 Å². The van der Waals surface area contributed by atoms with Gasteiger partial charge in [0, 0.05) is 11.3 Å². The number of carbonyl (C=O) groups is 1. The summed E-state index contributed by atoms with van der Waals surface area (Å²) >= 11 is 1.40. The van der Waals surface area contributed by atoms with Gasteiger partial charge in [0.05, 0.1) is 17.2 Å². The van der Waals surface area contributed by atoms with Crippen molar-refractivity contribution in [2.45, 2.75) is 23.8 Å². The van der Waals surface area contributed by atoms with Crippen molar-refractivity contribution < 1.29 is 18.3 Å². The van der Waals surface area contributed by atoms with Gasteiger partial charge in [-0.15, -0.1) is 11.3 Å². The Balaban J connectivity index is 1.86. The summed E-state index contributed by atoms with van der Waals surface area (Å²) in [5.74, 6) is -0.661. The smallest absolute Gasteiger partial charge is 0.221 e. The van der Waals surface area contributed by atoms with Crippen molar-refractivity contribution in [3.8, 4) is 0 Å². The van der Waals surface area contributed by atoms with Crippen molar-refractivity contribution in [3.63, 3.8) is 0 Å². The predicted molar refractivity (Wildman–Crippen MR) is 90.0 cm³/mol. The van der Waals surface area contributed by atoms with Crippen LogP contribution in [0, 0.1) is 0 Å². The minimum atomic E-state index is -3.47. The van der Waals surface area contributed by atoms with Gasteiger partial charge in [-0.05, 0) is 30.5 Å². The molecule has 0 aliphatic rings. The van der Waals surface area contributed by atoms with Crippen LogP contribution in [0.5, 0.6) is 0 Å². The average molecular weight is 353 g/mol. The lowest BCUT2D eigenvalue weighted by Gasteiger charge is -2.22. The average Bonchev–Trinajstić information content (AvgIpc) is 3.07. The molecule has 0 saturated heterocycles. The summed E-state index contributed by atoms with van der Waals surface area (Å²) in [5.41, 5.74) is -1.16. The Hall–Kier alpha value is -1.70. The second-order valence-corrected chi connectivity index (χ2v) is 8.47. The standard InChI is InChI=1S/C16H19NO4S2/c1-16(19,14-8-5-10-22-14)12-17-15(18)9-11-23(20,21)13-6-3-2-4-7-13/h2-8,10,19H,9,11-12H2,1H3,(H,17,18)/t16-/m0/s1. The van der Waals surface area contributed by atoms with Crippen LogP contribution in [-0.2, 0) is 20.2 Å². The van der Waals surface area contributed by atoms with Crippen molar-refractivity contribution in [2.24, 2.45) is 0 Å². The molecule has 1 amide bonds. The zero-order valence-corrected chi connectivity index (χ0v) is 14.4. The van der Waals surface area contributed by atoms with Gasteiger partial charge in [0.25, 0.3) is 0 Å². The van der Waals surface area contributed by atoms with E-state index in [2.05, 4.69) is 5.32 Å². The molecule has 2 N–H and O–H groups in total. The van der Waals surface area contributed by atoms with Gasteiger partial charge in [-0.2, -0.15) is 0 Å². The number of hydrogen-bond donors (Lipinski definition) is 2. The number of aliphatic hydroxyl groups is 1. The number of nitrogens with one attached hydrogen (secondary N) is 1. The molecule has 2 rings (SSSR count). The minimum Gasteiger partial charge on any atom is -0.383 e.